The first-order valence-corrected chi connectivity index (χ1v) is 5.78. The summed E-state index contributed by atoms with van der Waals surface area (Å²) in [7, 11) is 0. The number of phenols is 1. The molecule has 0 saturated heterocycles. The fourth-order valence-corrected chi connectivity index (χ4v) is 1.82. The lowest BCUT2D eigenvalue weighted by Gasteiger charge is -2.14. The molecule has 0 bridgehead atoms. The average Bonchev–Trinajstić information content (AvgIpc) is 2.23. The lowest BCUT2D eigenvalue weighted by Crippen LogP contribution is -2.10. The highest BCUT2D eigenvalue weighted by atomic mass is 79.9. The van der Waals surface area contributed by atoms with E-state index in [4.69, 9.17) is 17.3 Å². The van der Waals surface area contributed by atoms with Gasteiger partial charge in [-0.05, 0) is 34.8 Å². The van der Waals surface area contributed by atoms with Gasteiger partial charge in [0.15, 0.2) is 0 Å². The zero-order valence-corrected chi connectivity index (χ0v) is 11.8. The average molecular weight is 327 g/mol. The zero-order valence-electron chi connectivity index (χ0n) is 8.62. The molecule has 0 aromatic heterocycles. The molecule has 0 aliphatic heterocycles. The van der Waals surface area contributed by atoms with Gasteiger partial charge < -0.3 is 10.8 Å². The molecule has 0 saturated carbocycles. The van der Waals surface area contributed by atoms with E-state index in [0.717, 1.165) is 12.8 Å². The smallest absolute Gasteiger partial charge is 0.136 e. The standard InChI is InChI=1S/C11H13BrClNO.ClH/c1-2-3-4-9(14)7-5-6-8(13)10(12)11(7)15;/h2,5-6,9,15H,1,3-4,14H2;1H/t9-;/m1./s1. The predicted molar refractivity (Wildman–Crippen MR) is 74.4 cm³/mol. The van der Waals surface area contributed by atoms with Crippen molar-refractivity contribution in [3.63, 3.8) is 0 Å². The number of aromatic hydroxyl groups is 1. The Morgan fingerprint density at radius 2 is 2.19 bits per heavy atom. The highest BCUT2D eigenvalue weighted by Gasteiger charge is 2.14. The molecule has 0 fully saturated rings. The number of halogens is 3. The molecule has 0 unspecified atom stereocenters. The van der Waals surface area contributed by atoms with Gasteiger partial charge in [0.05, 0.1) is 9.50 Å². The number of nitrogens with two attached hydrogens (primary N) is 1. The molecule has 3 N–H and O–H groups in total. The van der Waals surface area contributed by atoms with Crippen LogP contribution in [-0.4, -0.2) is 5.11 Å². The second-order valence-corrected chi connectivity index (χ2v) is 4.47. The van der Waals surface area contributed by atoms with E-state index in [1.165, 1.54) is 0 Å². The highest BCUT2D eigenvalue weighted by Crippen LogP contribution is 2.37. The summed E-state index contributed by atoms with van der Waals surface area (Å²) in [5.41, 5.74) is 6.63. The van der Waals surface area contributed by atoms with Crippen LogP contribution in [0.2, 0.25) is 5.02 Å². The predicted octanol–water partition coefficient (Wildman–Crippen LogP) is 4.20. The summed E-state index contributed by atoms with van der Waals surface area (Å²) < 4.78 is 0.496. The van der Waals surface area contributed by atoms with Crippen LogP contribution >= 0.6 is 39.9 Å². The Hall–Kier alpha value is -0.220. The molecule has 1 aromatic rings. The van der Waals surface area contributed by atoms with Gasteiger partial charge in [-0.25, -0.2) is 0 Å². The van der Waals surface area contributed by atoms with Gasteiger partial charge in [-0.2, -0.15) is 0 Å². The van der Waals surface area contributed by atoms with E-state index in [9.17, 15) is 5.11 Å². The van der Waals surface area contributed by atoms with Crippen LogP contribution in [0.5, 0.6) is 5.75 Å². The summed E-state index contributed by atoms with van der Waals surface area (Å²) in [6.45, 7) is 3.63. The fraction of sp³-hybridized carbons (Fsp3) is 0.273. The molecule has 1 aromatic carbocycles. The van der Waals surface area contributed by atoms with Crippen molar-refractivity contribution in [1.82, 2.24) is 0 Å². The van der Waals surface area contributed by atoms with Crippen LogP contribution in [0.25, 0.3) is 0 Å². The molecular weight excluding hydrogens is 313 g/mol. The van der Waals surface area contributed by atoms with E-state index in [1.807, 2.05) is 6.08 Å². The van der Waals surface area contributed by atoms with Crippen molar-refractivity contribution in [2.24, 2.45) is 5.73 Å². The van der Waals surface area contributed by atoms with Crippen LogP contribution in [0.3, 0.4) is 0 Å². The van der Waals surface area contributed by atoms with Crippen LogP contribution in [-0.2, 0) is 0 Å². The first-order valence-electron chi connectivity index (χ1n) is 4.61. The first kappa shape index (κ1) is 15.8. The minimum Gasteiger partial charge on any atom is -0.506 e. The van der Waals surface area contributed by atoms with Crippen molar-refractivity contribution in [2.75, 3.05) is 0 Å². The molecule has 0 spiro atoms. The van der Waals surface area contributed by atoms with Crippen LogP contribution in [0.15, 0.2) is 29.3 Å². The third kappa shape index (κ3) is 3.67. The molecule has 0 radical (unpaired) electrons. The van der Waals surface area contributed by atoms with Crippen molar-refractivity contribution < 1.29 is 5.11 Å². The monoisotopic (exact) mass is 325 g/mol. The highest BCUT2D eigenvalue weighted by molar-refractivity contribution is 9.10. The Morgan fingerprint density at radius 1 is 1.56 bits per heavy atom. The van der Waals surface area contributed by atoms with Crippen LogP contribution in [0, 0.1) is 0 Å². The number of allylic oxidation sites excluding steroid dienone is 1. The van der Waals surface area contributed by atoms with E-state index in [2.05, 4.69) is 22.5 Å². The van der Waals surface area contributed by atoms with Gasteiger partial charge in [-0.3, -0.25) is 0 Å². The van der Waals surface area contributed by atoms with Crippen molar-refractivity contribution in [1.29, 1.82) is 0 Å². The third-order valence-electron chi connectivity index (χ3n) is 2.18. The van der Waals surface area contributed by atoms with Gasteiger partial charge in [0, 0.05) is 11.6 Å². The van der Waals surface area contributed by atoms with Crippen LogP contribution in [0.4, 0.5) is 0 Å². The number of hydrogen-bond donors (Lipinski definition) is 2. The summed E-state index contributed by atoms with van der Waals surface area (Å²) in [6, 6.07) is 3.27. The van der Waals surface area contributed by atoms with Gasteiger partial charge in [0.2, 0.25) is 0 Å². The summed E-state index contributed by atoms with van der Waals surface area (Å²) in [5, 5.41) is 10.3. The molecule has 0 aliphatic rings. The van der Waals surface area contributed by atoms with Crippen LogP contribution < -0.4 is 5.73 Å². The maximum Gasteiger partial charge on any atom is 0.136 e. The maximum atomic E-state index is 9.81. The number of rotatable bonds is 4. The Bertz CT molecular complexity index is 371. The molecule has 5 heteroatoms. The molecule has 0 amide bonds. The Kier molecular flexibility index (Phi) is 7.07. The molecule has 0 aliphatic carbocycles. The van der Waals surface area contributed by atoms with Crippen LogP contribution in [0.1, 0.15) is 24.4 Å². The molecule has 1 rings (SSSR count). The quantitative estimate of drug-likeness (QED) is 0.815. The molecule has 16 heavy (non-hydrogen) atoms. The van der Waals surface area contributed by atoms with Crippen molar-refractivity contribution in [3.05, 3.63) is 39.8 Å². The molecule has 2 nitrogen and oxygen atoms in total. The molecular formula is C11H14BrCl2NO. The maximum absolute atomic E-state index is 9.81. The SMILES string of the molecule is C=CCC[C@@H](N)c1ccc(Cl)c(Br)c1O.Cl. The number of benzene rings is 1. The van der Waals surface area contributed by atoms with Crippen molar-refractivity contribution in [3.8, 4) is 5.75 Å². The van der Waals surface area contributed by atoms with Gasteiger partial charge in [-0.1, -0.05) is 23.7 Å². The zero-order chi connectivity index (χ0) is 11.4. The van der Waals surface area contributed by atoms with E-state index in [-0.39, 0.29) is 24.2 Å². The topological polar surface area (TPSA) is 46.2 Å². The number of hydrogen-bond acceptors (Lipinski definition) is 2. The largest absolute Gasteiger partial charge is 0.506 e. The van der Waals surface area contributed by atoms with E-state index in [1.54, 1.807) is 12.1 Å². The van der Waals surface area contributed by atoms with E-state index in [0.29, 0.717) is 15.1 Å². The molecule has 0 heterocycles. The van der Waals surface area contributed by atoms with Crippen molar-refractivity contribution >= 4 is 39.9 Å². The van der Waals surface area contributed by atoms with Gasteiger partial charge >= 0.3 is 0 Å². The fourth-order valence-electron chi connectivity index (χ4n) is 1.31. The Labute approximate surface area is 115 Å². The second-order valence-electron chi connectivity index (χ2n) is 3.27. The van der Waals surface area contributed by atoms with Gasteiger partial charge in [0.25, 0.3) is 0 Å². The van der Waals surface area contributed by atoms with Gasteiger partial charge in [0.1, 0.15) is 5.75 Å². The summed E-state index contributed by atoms with van der Waals surface area (Å²) in [4.78, 5) is 0. The first-order chi connectivity index (χ1) is 7.07. The van der Waals surface area contributed by atoms with Crippen molar-refractivity contribution in [2.45, 2.75) is 18.9 Å². The second kappa shape index (κ2) is 7.17. The lowest BCUT2D eigenvalue weighted by molar-refractivity contribution is 0.455. The number of phenolic OH excluding ortho intramolecular Hbond substituents is 1. The lowest BCUT2D eigenvalue weighted by atomic mass is 10.0. The normalized spacial score (nSPS) is 11.7. The van der Waals surface area contributed by atoms with E-state index >= 15 is 0 Å². The minimum absolute atomic E-state index is 0. The Balaban J connectivity index is 0.00000225. The minimum atomic E-state index is -0.198. The summed E-state index contributed by atoms with van der Waals surface area (Å²) in [6.07, 6.45) is 3.38. The molecule has 90 valence electrons. The Morgan fingerprint density at radius 3 is 2.75 bits per heavy atom. The summed E-state index contributed by atoms with van der Waals surface area (Å²) >= 11 is 9.04. The third-order valence-corrected chi connectivity index (χ3v) is 3.53. The van der Waals surface area contributed by atoms with Gasteiger partial charge in [-0.15, -0.1) is 19.0 Å². The summed E-state index contributed by atoms with van der Waals surface area (Å²) in [5.74, 6) is 0.124. The molecule has 1 atom stereocenters. The van der Waals surface area contributed by atoms with E-state index < -0.39 is 0 Å².